The van der Waals surface area contributed by atoms with Gasteiger partial charge in [-0.05, 0) is 29.5 Å². The number of urea groups is 1. The molecule has 1 atom stereocenters. The van der Waals surface area contributed by atoms with Gasteiger partial charge in [0.05, 0.1) is 0 Å². The van der Waals surface area contributed by atoms with Crippen LogP contribution in [0.25, 0.3) is 0 Å². The molecule has 0 aliphatic rings. The first-order chi connectivity index (χ1) is 9.70. The van der Waals surface area contributed by atoms with Gasteiger partial charge in [-0.1, -0.05) is 44.5 Å². The third-order valence-electron chi connectivity index (χ3n) is 3.00. The van der Waals surface area contributed by atoms with E-state index in [1.54, 1.807) is 32.9 Å². The maximum absolute atomic E-state index is 11.7. The number of benzene rings is 1. The molecule has 0 saturated carbocycles. The molecule has 1 unspecified atom stereocenters. The lowest BCUT2D eigenvalue weighted by molar-refractivity contribution is -0.141. The first kappa shape index (κ1) is 17.3. The Morgan fingerprint density at radius 1 is 1.24 bits per heavy atom. The van der Waals surface area contributed by atoms with Crippen molar-refractivity contribution in [1.82, 2.24) is 10.6 Å². The van der Waals surface area contributed by atoms with Crippen LogP contribution in [0, 0.1) is 5.41 Å². The summed E-state index contributed by atoms with van der Waals surface area (Å²) < 4.78 is 0. The minimum absolute atomic E-state index is 0.421. The van der Waals surface area contributed by atoms with E-state index in [0.29, 0.717) is 18.0 Å². The smallest absolute Gasteiger partial charge is 0.326 e. The van der Waals surface area contributed by atoms with E-state index in [0.717, 1.165) is 5.56 Å². The summed E-state index contributed by atoms with van der Waals surface area (Å²) in [6.45, 7) is 5.71. The summed E-state index contributed by atoms with van der Waals surface area (Å²) in [5, 5.41) is 14.9. The van der Waals surface area contributed by atoms with Crippen molar-refractivity contribution in [2.75, 3.05) is 6.54 Å². The number of rotatable bonds is 5. The summed E-state index contributed by atoms with van der Waals surface area (Å²) >= 11 is 5.79. The lowest BCUT2D eigenvalue weighted by Crippen LogP contribution is -2.52. The molecule has 3 N–H and O–H groups in total. The van der Waals surface area contributed by atoms with Crippen molar-refractivity contribution in [2.45, 2.75) is 33.2 Å². The van der Waals surface area contributed by atoms with Crippen molar-refractivity contribution >= 4 is 23.6 Å². The van der Waals surface area contributed by atoms with Gasteiger partial charge in [-0.2, -0.15) is 0 Å². The average molecular weight is 313 g/mol. The Morgan fingerprint density at radius 3 is 2.29 bits per heavy atom. The van der Waals surface area contributed by atoms with E-state index in [-0.39, 0.29) is 0 Å². The van der Waals surface area contributed by atoms with Crippen LogP contribution in [0.2, 0.25) is 5.02 Å². The SMILES string of the molecule is CC(C)(C)C(NC(=O)NCCc1ccc(Cl)cc1)C(=O)O. The Bertz CT molecular complexity index is 495. The van der Waals surface area contributed by atoms with Gasteiger partial charge in [-0.15, -0.1) is 0 Å². The number of carbonyl (C=O) groups is 2. The van der Waals surface area contributed by atoms with Crippen LogP contribution in [-0.4, -0.2) is 29.7 Å². The molecule has 0 heterocycles. The van der Waals surface area contributed by atoms with Crippen LogP contribution in [0.5, 0.6) is 0 Å². The first-order valence-electron chi connectivity index (χ1n) is 6.72. The number of hydrogen-bond donors (Lipinski definition) is 3. The number of carboxylic acid groups (broad SMARTS) is 1. The van der Waals surface area contributed by atoms with Crippen LogP contribution in [0.1, 0.15) is 26.3 Å². The lowest BCUT2D eigenvalue weighted by Gasteiger charge is -2.27. The summed E-state index contributed by atoms with van der Waals surface area (Å²) in [4.78, 5) is 22.9. The number of amides is 2. The maximum Gasteiger partial charge on any atom is 0.326 e. The molecule has 0 fully saturated rings. The molecule has 116 valence electrons. The number of nitrogens with one attached hydrogen (secondary N) is 2. The highest BCUT2D eigenvalue weighted by molar-refractivity contribution is 6.30. The molecular weight excluding hydrogens is 292 g/mol. The molecule has 0 bridgehead atoms. The van der Waals surface area contributed by atoms with Gasteiger partial charge in [0.2, 0.25) is 0 Å². The summed E-state index contributed by atoms with van der Waals surface area (Å²) in [5.74, 6) is -1.05. The van der Waals surface area contributed by atoms with Crippen molar-refractivity contribution in [2.24, 2.45) is 5.41 Å². The minimum atomic E-state index is -1.05. The predicted molar refractivity (Wildman–Crippen MR) is 82.6 cm³/mol. The van der Waals surface area contributed by atoms with E-state index < -0.39 is 23.5 Å². The maximum atomic E-state index is 11.7. The molecule has 0 saturated heterocycles. The average Bonchev–Trinajstić information content (AvgIpc) is 2.36. The largest absolute Gasteiger partial charge is 0.480 e. The fourth-order valence-corrected chi connectivity index (χ4v) is 1.93. The molecule has 1 rings (SSSR count). The van der Waals surface area contributed by atoms with E-state index in [1.807, 2.05) is 12.1 Å². The molecule has 21 heavy (non-hydrogen) atoms. The van der Waals surface area contributed by atoms with Crippen LogP contribution in [0.4, 0.5) is 4.79 Å². The molecule has 0 aliphatic heterocycles. The van der Waals surface area contributed by atoms with Gasteiger partial charge in [0.25, 0.3) is 0 Å². The summed E-state index contributed by atoms with van der Waals surface area (Å²) in [6.07, 6.45) is 0.651. The van der Waals surface area contributed by atoms with Gasteiger partial charge >= 0.3 is 12.0 Å². The molecule has 6 heteroatoms. The van der Waals surface area contributed by atoms with Gasteiger partial charge in [-0.3, -0.25) is 0 Å². The lowest BCUT2D eigenvalue weighted by atomic mass is 9.87. The van der Waals surface area contributed by atoms with Crippen molar-refractivity contribution in [3.05, 3.63) is 34.9 Å². The van der Waals surface area contributed by atoms with E-state index in [1.165, 1.54) is 0 Å². The Balaban J connectivity index is 2.43. The zero-order chi connectivity index (χ0) is 16.0. The molecule has 1 aromatic rings. The fourth-order valence-electron chi connectivity index (χ4n) is 1.80. The quantitative estimate of drug-likeness (QED) is 0.782. The highest BCUT2D eigenvalue weighted by Gasteiger charge is 2.32. The second-order valence-corrected chi connectivity index (χ2v) is 6.35. The third kappa shape index (κ3) is 6.04. The zero-order valence-corrected chi connectivity index (χ0v) is 13.2. The zero-order valence-electron chi connectivity index (χ0n) is 12.4. The second-order valence-electron chi connectivity index (χ2n) is 5.91. The van der Waals surface area contributed by atoms with Gasteiger partial charge in [0, 0.05) is 11.6 Å². The van der Waals surface area contributed by atoms with Crippen LogP contribution in [0.3, 0.4) is 0 Å². The number of halogens is 1. The van der Waals surface area contributed by atoms with Crippen molar-refractivity contribution in [1.29, 1.82) is 0 Å². The van der Waals surface area contributed by atoms with Gasteiger partial charge < -0.3 is 15.7 Å². The van der Waals surface area contributed by atoms with Gasteiger partial charge in [0.1, 0.15) is 6.04 Å². The molecule has 0 aliphatic carbocycles. The van der Waals surface area contributed by atoms with E-state index in [4.69, 9.17) is 16.7 Å². The van der Waals surface area contributed by atoms with E-state index in [9.17, 15) is 9.59 Å². The van der Waals surface area contributed by atoms with Crippen LogP contribution in [0.15, 0.2) is 24.3 Å². The third-order valence-corrected chi connectivity index (χ3v) is 3.25. The Kier molecular flexibility index (Phi) is 6.03. The number of aliphatic carboxylic acids is 1. The normalized spacial score (nSPS) is 12.6. The van der Waals surface area contributed by atoms with E-state index >= 15 is 0 Å². The number of carbonyl (C=O) groups excluding carboxylic acids is 1. The first-order valence-corrected chi connectivity index (χ1v) is 7.09. The molecule has 2 amide bonds. The molecule has 0 spiro atoms. The summed E-state index contributed by atoms with van der Waals surface area (Å²) in [7, 11) is 0. The highest BCUT2D eigenvalue weighted by Crippen LogP contribution is 2.19. The monoisotopic (exact) mass is 312 g/mol. The molecule has 5 nitrogen and oxygen atoms in total. The van der Waals surface area contributed by atoms with Crippen molar-refractivity contribution in [3.8, 4) is 0 Å². The minimum Gasteiger partial charge on any atom is -0.480 e. The topological polar surface area (TPSA) is 78.4 Å². The van der Waals surface area contributed by atoms with Gasteiger partial charge in [0.15, 0.2) is 0 Å². The summed E-state index contributed by atoms with van der Waals surface area (Å²) in [5.41, 5.74) is 0.490. The second kappa shape index (κ2) is 7.31. The standard InChI is InChI=1S/C15H21ClN2O3/c1-15(2,3)12(13(19)20)18-14(21)17-9-8-10-4-6-11(16)7-5-10/h4-7,12H,8-9H2,1-3H3,(H,19,20)(H2,17,18,21). The van der Waals surface area contributed by atoms with Crippen LogP contribution in [-0.2, 0) is 11.2 Å². The van der Waals surface area contributed by atoms with Crippen molar-refractivity contribution < 1.29 is 14.7 Å². The predicted octanol–water partition coefficient (Wildman–Crippen LogP) is 2.68. The Labute approximate surface area is 129 Å². The number of hydrogen-bond acceptors (Lipinski definition) is 2. The van der Waals surface area contributed by atoms with Crippen LogP contribution >= 0.6 is 11.6 Å². The molecule has 0 radical (unpaired) electrons. The number of carboxylic acids is 1. The highest BCUT2D eigenvalue weighted by atomic mass is 35.5. The Hall–Kier alpha value is -1.75. The summed E-state index contributed by atoms with van der Waals surface area (Å²) in [6, 6.07) is 5.93. The van der Waals surface area contributed by atoms with Gasteiger partial charge in [-0.25, -0.2) is 9.59 Å². The van der Waals surface area contributed by atoms with Crippen LogP contribution < -0.4 is 10.6 Å². The van der Waals surface area contributed by atoms with Crippen molar-refractivity contribution in [3.63, 3.8) is 0 Å². The molecular formula is C15H21ClN2O3. The van der Waals surface area contributed by atoms with E-state index in [2.05, 4.69) is 10.6 Å². The Morgan fingerprint density at radius 2 is 1.81 bits per heavy atom. The molecule has 0 aromatic heterocycles. The fraction of sp³-hybridized carbons (Fsp3) is 0.467. The molecule has 1 aromatic carbocycles.